The molecule has 0 saturated heterocycles. The maximum atomic E-state index is 11.8. The average Bonchev–Trinajstić information content (AvgIpc) is 2.28. The lowest BCUT2D eigenvalue weighted by Gasteiger charge is -2.38. The van der Waals surface area contributed by atoms with Gasteiger partial charge in [0.1, 0.15) is 5.75 Å². The molecule has 0 unspecified atom stereocenters. The number of carboxylic acid groups (broad SMARTS) is 1. The van der Waals surface area contributed by atoms with E-state index >= 15 is 0 Å². The number of hydrogen-bond donors (Lipinski definition) is 2. The highest BCUT2D eigenvalue weighted by atomic mass is 16.6. The van der Waals surface area contributed by atoms with Gasteiger partial charge in [0, 0.05) is 0 Å². The molecule has 0 aliphatic rings. The maximum absolute atomic E-state index is 11.8. The van der Waals surface area contributed by atoms with Crippen LogP contribution in [0.1, 0.15) is 27.7 Å². The van der Waals surface area contributed by atoms with E-state index in [2.05, 4.69) is 5.32 Å². The lowest BCUT2D eigenvalue weighted by molar-refractivity contribution is -0.150. The van der Waals surface area contributed by atoms with Crippen molar-refractivity contribution >= 4 is 12.1 Å². The Kier molecular flexibility index (Phi) is 4.19. The monoisotopic (exact) mass is 265 g/mol. The number of aliphatic carboxylic acids is 1. The Labute approximate surface area is 112 Å². The molecular formula is C14H19NO4. The van der Waals surface area contributed by atoms with Crippen molar-refractivity contribution in [3.63, 3.8) is 0 Å². The number of carboxylic acids is 1. The van der Waals surface area contributed by atoms with Gasteiger partial charge in [-0.15, -0.1) is 0 Å². The van der Waals surface area contributed by atoms with Crippen LogP contribution in [0.5, 0.6) is 5.75 Å². The smallest absolute Gasteiger partial charge is 0.413 e. The minimum atomic E-state index is -1.12. The van der Waals surface area contributed by atoms with Crippen LogP contribution in [0.2, 0.25) is 0 Å². The third kappa shape index (κ3) is 3.47. The second-order valence-corrected chi connectivity index (χ2v) is 5.38. The Morgan fingerprint density at radius 1 is 1.11 bits per heavy atom. The molecule has 0 aliphatic heterocycles. The van der Waals surface area contributed by atoms with Crippen LogP contribution in [-0.2, 0) is 4.79 Å². The molecule has 1 rings (SSSR count). The van der Waals surface area contributed by atoms with Crippen LogP contribution in [0.15, 0.2) is 30.3 Å². The molecule has 0 saturated carbocycles. The van der Waals surface area contributed by atoms with Gasteiger partial charge in [-0.05, 0) is 39.8 Å². The molecule has 19 heavy (non-hydrogen) atoms. The highest BCUT2D eigenvalue weighted by Crippen LogP contribution is 2.30. The summed E-state index contributed by atoms with van der Waals surface area (Å²) in [6, 6.07) is 8.59. The van der Waals surface area contributed by atoms with Gasteiger partial charge < -0.3 is 15.2 Å². The largest absolute Gasteiger partial charge is 0.481 e. The first kappa shape index (κ1) is 15.0. The predicted octanol–water partition coefficient (Wildman–Crippen LogP) is 2.66. The molecule has 5 nitrogen and oxygen atoms in total. The second-order valence-electron chi connectivity index (χ2n) is 5.38. The lowest BCUT2D eigenvalue weighted by atomic mass is 9.74. The first-order valence-corrected chi connectivity index (χ1v) is 5.95. The van der Waals surface area contributed by atoms with E-state index in [1.165, 1.54) is 0 Å². The summed E-state index contributed by atoms with van der Waals surface area (Å²) >= 11 is 0. The number of rotatable bonds is 4. The molecule has 2 N–H and O–H groups in total. The van der Waals surface area contributed by atoms with Gasteiger partial charge in [0.15, 0.2) is 0 Å². The zero-order chi connectivity index (χ0) is 14.7. The van der Waals surface area contributed by atoms with E-state index in [1.807, 2.05) is 6.07 Å². The number of nitrogens with one attached hydrogen (secondary N) is 1. The fourth-order valence-electron chi connectivity index (χ4n) is 1.30. The fraction of sp³-hybridized carbons (Fsp3) is 0.429. The van der Waals surface area contributed by atoms with E-state index in [9.17, 15) is 14.7 Å². The molecule has 0 radical (unpaired) electrons. The summed E-state index contributed by atoms with van der Waals surface area (Å²) in [6.07, 6.45) is -0.675. The van der Waals surface area contributed by atoms with E-state index < -0.39 is 23.0 Å². The fourth-order valence-corrected chi connectivity index (χ4v) is 1.30. The van der Waals surface area contributed by atoms with Crippen molar-refractivity contribution in [2.75, 3.05) is 0 Å². The Hall–Kier alpha value is -2.04. The molecule has 5 heteroatoms. The highest BCUT2D eigenvalue weighted by Gasteiger charge is 2.44. The molecule has 0 heterocycles. The van der Waals surface area contributed by atoms with Crippen LogP contribution >= 0.6 is 0 Å². The topological polar surface area (TPSA) is 75.6 Å². The molecular weight excluding hydrogens is 246 g/mol. The quantitative estimate of drug-likeness (QED) is 0.877. The average molecular weight is 265 g/mol. The molecule has 0 bridgehead atoms. The number of carbonyl (C=O) groups excluding carboxylic acids is 1. The van der Waals surface area contributed by atoms with Gasteiger partial charge in [-0.2, -0.15) is 0 Å². The minimum Gasteiger partial charge on any atom is -0.481 e. The normalized spacial score (nSPS) is 11.8. The number of ether oxygens (including phenoxy) is 1. The Morgan fingerprint density at radius 3 is 2.11 bits per heavy atom. The molecule has 0 spiro atoms. The number of benzene rings is 1. The van der Waals surface area contributed by atoms with Gasteiger partial charge >= 0.3 is 12.1 Å². The summed E-state index contributed by atoms with van der Waals surface area (Å²) in [5.41, 5.74) is -2.08. The van der Waals surface area contributed by atoms with Gasteiger partial charge in [-0.1, -0.05) is 18.2 Å². The van der Waals surface area contributed by atoms with Crippen molar-refractivity contribution in [1.29, 1.82) is 0 Å². The van der Waals surface area contributed by atoms with E-state index in [0.29, 0.717) is 5.75 Å². The van der Waals surface area contributed by atoms with Crippen molar-refractivity contribution in [3.05, 3.63) is 30.3 Å². The van der Waals surface area contributed by atoms with Crippen LogP contribution in [0.3, 0.4) is 0 Å². The number of hydrogen-bond acceptors (Lipinski definition) is 3. The van der Waals surface area contributed by atoms with Crippen LogP contribution in [0, 0.1) is 5.41 Å². The van der Waals surface area contributed by atoms with E-state index in [1.54, 1.807) is 52.0 Å². The molecule has 0 atom stereocenters. The predicted molar refractivity (Wildman–Crippen MR) is 71.1 cm³/mol. The Morgan fingerprint density at radius 2 is 1.63 bits per heavy atom. The third-order valence-corrected chi connectivity index (χ3v) is 3.47. The summed E-state index contributed by atoms with van der Waals surface area (Å²) in [6.45, 7) is 6.40. The van der Waals surface area contributed by atoms with Gasteiger partial charge in [0.2, 0.25) is 0 Å². The third-order valence-electron chi connectivity index (χ3n) is 3.47. The SMILES string of the molecule is CC(C)(NC(=O)Oc1ccccc1)C(C)(C)C(=O)O. The number of para-hydroxylation sites is 1. The maximum Gasteiger partial charge on any atom is 0.413 e. The molecule has 0 fully saturated rings. The summed E-state index contributed by atoms with van der Waals surface area (Å²) in [7, 11) is 0. The van der Waals surface area contributed by atoms with Gasteiger partial charge in [-0.25, -0.2) is 4.79 Å². The minimum absolute atomic E-state index is 0.406. The van der Waals surface area contributed by atoms with Crippen molar-refractivity contribution in [2.45, 2.75) is 33.2 Å². The van der Waals surface area contributed by atoms with E-state index in [-0.39, 0.29) is 0 Å². The second kappa shape index (κ2) is 5.30. The van der Waals surface area contributed by atoms with Crippen LogP contribution < -0.4 is 10.1 Å². The standard InChI is InChI=1S/C14H19NO4/c1-13(2,11(16)17)14(3,4)15-12(18)19-10-8-6-5-7-9-10/h5-9H,1-4H3,(H,15,18)(H,16,17). The summed E-state index contributed by atoms with van der Waals surface area (Å²) in [4.78, 5) is 23.0. The number of amides is 1. The summed E-state index contributed by atoms with van der Waals surface area (Å²) in [5, 5.41) is 11.8. The summed E-state index contributed by atoms with van der Waals surface area (Å²) < 4.78 is 5.08. The van der Waals surface area contributed by atoms with Gasteiger partial charge in [0.25, 0.3) is 0 Å². The van der Waals surface area contributed by atoms with Crippen LogP contribution in [-0.4, -0.2) is 22.7 Å². The zero-order valence-electron chi connectivity index (χ0n) is 11.6. The molecule has 1 aromatic carbocycles. The molecule has 0 aliphatic carbocycles. The first-order valence-electron chi connectivity index (χ1n) is 5.95. The van der Waals surface area contributed by atoms with Gasteiger partial charge in [0.05, 0.1) is 11.0 Å². The molecule has 104 valence electrons. The molecule has 1 aromatic rings. The summed E-state index contributed by atoms with van der Waals surface area (Å²) in [5.74, 6) is -0.582. The van der Waals surface area contributed by atoms with Crippen LogP contribution in [0.4, 0.5) is 4.79 Å². The van der Waals surface area contributed by atoms with E-state index in [0.717, 1.165) is 0 Å². The van der Waals surface area contributed by atoms with Crippen LogP contribution in [0.25, 0.3) is 0 Å². The van der Waals surface area contributed by atoms with Crippen molar-refractivity contribution in [3.8, 4) is 5.75 Å². The van der Waals surface area contributed by atoms with E-state index in [4.69, 9.17) is 4.74 Å². The Bertz CT molecular complexity index is 466. The highest BCUT2D eigenvalue weighted by molar-refractivity contribution is 5.78. The van der Waals surface area contributed by atoms with Crippen molar-refractivity contribution in [1.82, 2.24) is 5.32 Å². The molecule has 0 aromatic heterocycles. The first-order chi connectivity index (χ1) is 8.67. The molecule has 1 amide bonds. The van der Waals surface area contributed by atoms with Crippen molar-refractivity contribution < 1.29 is 19.4 Å². The Balaban J connectivity index is 2.74. The zero-order valence-corrected chi connectivity index (χ0v) is 11.6. The van der Waals surface area contributed by atoms with Gasteiger partial charge in [-0.3, -0.25) is 4.79 Å². The lowest BCUT2D eigenvalue weighted by Crippen LogP contribution is -2.57. The number of carbonyl (C=O) groups is 2. The van der Waals surface area contributed by atoms with Crippen molar-refractivity contribution in [2.24, 2.45) is 5.41 Å².